The fourth-order valence-electron chi connectivity index (χ4n) is 3.07. The first kappa shape index (κ1) is 16.5. The summed E-state index contributed by atoms with van der Waals surface area (Å²) in [6, 6.07) is 9.41. The number of nitrogens with zero attached hydrogens (tertiary/aromatic N) is 2. The van der Waals surface area contributed by atoms with Crippen molar-refractivity contribution < 1.29 is 14.6 Å². The molecular weight excluding hydrogens is 306 g/mol. The molecule has 0 bridgehead atoms. The van der Waals surface area contributed by atoms with Crippen LogP contribution in [0.1, 0.15) is 35.8 Å². The van der Waals surface area contributed by atoms with Gasteiger partial charge in [-0.05, 0) is 31.4 Å². The number of piperidine rings is 1. The molecule has 1 aliphatic rings. The van der Waals surface area contributed by atoms with Gasteiger partial charge in [0.15, 0.2) is 0 Å². The van der Waals surface area contributed by atoms with Crippen LogP contribution < -0.4 is 4.74 Å². The summed E-state index contributed by atoms with van der Waals surface area (Å²) in [7, 11) is 0. The highest BCUT2D eigenvalue weighted by Gasteiger charge is 2.37. The van der Waals surface area contributed by atoms with Gasteiger partial charge < -0.3 is 14.7 Å². The minimum atomic E-state index is -1.03. The maximum Gasteiger partial charge on any atom is 0.257 e. The number of carbonyl (C=O) groups excluding carboxylic acids is 1. The highest BCUT2D eigenvalue weighted by atomic mass is 16.5. The first-order chi connectivity index (χ1) is 11.6. The molecule has 2 aromatic rings. The Hall–Kier alpha value is -2.34. The first-order valence-electron chi connectivity index (χ1n) is 8.33. The van der Waals surface area contributed by atoms with Crippen molar-refractivity contribution >= 4 is 5.91 Å². The Morgan fingerprint density at radius 2 is 2.21 bits per heavy atom. The third kappa shape index (κ3) is 3.59. The molecule has 3 rings (SSSR count). The topological polar surface area (TPSA) is 78.5 Å². The molecule has 1 aromatic carbocycles. The number of aromatic amines is 1. The zero-order valence-corrected chi connectivity index (χ0v) is 13.9. The van der Waals surface area contributed by atoms with Crippen LogP contribution in [0.2, 0.25) is 0 Å². The van der Waals surface area contributed by atoms with Crippen LogP contribution in [-0.4, -0.2) is 51.4 Å². The van der Waals surface area contributed by atoms with E-state index in [1.54, 1.807) is 11.1 Å². The third-order valence-electron chi connectivity index (χ3n) is 4.40. The summed E-state index contributed by atoms with van der Waals surface area (Å²) in [4.78, 5) is 14.4. The monoisotopic (exact) mass is 329 g/mol. The third-order valence-corrected chi connectivity index (χ3v) is 4.40. The van der Waals surface area contributed by atoms with E-state index < -0.39 is 5.60 Å². The van der Waals surface area contributed by atoms with E-state index in [9.17, 15) is 9.90 Å². The Bertz CT molecular complexity index is 686. The highest BCUT2D eigenvalue weighted by Crippen LogP contribution is 2.24. The number of benzene rings is 1. The predicted molar refractivity (Wildman–Crippen MR) is 90.0 cm³/mol. The standard InChI is InChI=1S/C18H23N3O3/c1-2-16-15(11-19-20-16)17(22)21-10-6-9-18(23,12-21)13-24-14-7-4-3-5-8-14/h3-5,7-8,11,23H,2,6,9-10,12-13H2,1H3,(H,19,20)/t18-/m0/s1. The van der Waals surface area contributed by atoms with Crippen LogP contribution in [0.3, 0.4) is 0 Å². The van der Waals surface area contributed by atoms with E-state index in [1.807, 2.05) is 37.3 Å². The number of carbonyl (C=O) groups is 1. The van der Waals surface area contributed by atoms with Crippen LogP contribution in [-0.2, 0) is 6.42 Å². The Morgan fingerprint density at radius 1 is 1.42 bits per heavy atom. The average Bonchev–Trinajstić information content (AvgIpc) is 3.09. The number of rotatable bonds is 5. The number of likely N-dealkylation sites (tertiary alicyclic amines) is 1. The Balaban J connectivity index is 1.66. The molecule has 1 fully saturated rings. The SMILES string of the molecule is CCc1[nH]ncc1C(=O)N1CCC[C@@](O)(COc2ccccc2)C1. The molecule has 1 atom stereocenters. The number of para-hydroxylation sites is 1. The fraction of sp³-hybridized carbons (Fsp3) is 0.444. The average molecular weight is 329 g/mol. The van der Waals surface area contributed by atoms with Gasteiger partial charge in [0, 0.05) is 12.2 Å². The van der Waals surface area contributed by atoms with Crippen molar-refractivity contribution in [2.75, 3.05) is 19.7 Å². The number of H-pyrrole nitrogens is 1. The molecule has 1 amide bonds. The quantitative estimate of drug-likeness (QED) is 0.880. The number of amides is 1. The Labute approximate surface area is 141 Å². The van der Waals surface area contributed by atoms with Crippen LogP contribution in [0.5, 0.6) is 5.75 Å². The molecule has 128 valence electrons. The molecule has 1 saturated heterocycles. The number of β-amino-alcohol motifs (C(OH)–C–C–N with tert-alkyl or cyclic N) is 1. The van der Waals surface area contributed by atoms with E-state index in [1.165, 1.54) is 0 Å². The smallest absolute Gasteiger partial charge is 0.257 e. The summed E-state index contributed by atoms with van der Waals surface area (Å²) >= 11 is 0. The Kier molecular flexibility index (Phi) is 4.85. The van der Waals surface area contributed by atoms with Gasteiger partial charge in [-0.2, -0.15) is 5.10 Å². The van der Waals surface area contributed by atoms with Gasteiger partial charge in [0.2, 0.25) is 0 Å². The maximum atomic E-state index is 12.7. The molecule has 0 radical (unpaired) electrons. The molecular formula is C18H23N3O3. The van der Waals surface area contributed by atoms with Crippen molar-refractivity contribution in [3.05, 3.63) is 47.8 Å². The molecule has 6 nitrogen and oxygen atoms in total. The number of ether oxygens (including phenoxy) is 1. The lowest BCUT2D eigenvalue weighted by Gasteiger charge is -2.38. The number of aromatic nitrogens is 2. The zero-order chi connectivity index (χ0) is 17.0. The molecule has 2 N–H and O–H groups in total. The Morgan fingerprint density at radius 3 is 2.96 bits per heavy atom. The van der Waals surface area contributed by atoms with Crippen molar-refractivity contribution in [1.29, 1.82) is 0 Å². The van der Waals surface area contributed by atoms with Crippen molar-refractivity contribution in [1.82, 2.24) is 15.1 Å². The minimum absolute atomic E-state index is 0.0848. The second-order valence-electron chi connectivity index (χ2n) is 6.27. The van der Waals surface area contributed by atoms with Crippen molar-refractivity contribution in [3.63, 3.8) is 0 Å². The highest BCUT2D eigenvalue weighted by molar-refractivity contribution is 5.95. The van der Waals surface area contributed by atoms with E-state index in [0.717, 1.165) is 24.3 Å². The molecule has 2 heterocycles. The first-order valence-corrected chi connectivity index (χ1v) is 8.33. The second kappa shape index (κ2) is 7.05. The van der Waals surface area contributed by atoms with E-state index in [2.05, 4.69) is 10.2 Å². The van der Waals surface area contributed by atoms with E-state index in [-0.39, 0.29) is 19.1 Å². The number of aryl methyl sites for hydroxylation is 1. The molecule has 1 aliphatic heterocycles. The number of hydrogen-bond acceptors (Lipinski definition) is 4. The van der Waals surface area contributed by atoms with Gasteiger partial charge >= 0.3 is 0 Å². The minimum Gasteiger partial charge on any atom is -0.491 e. The van der Waals surface area contributed by atoms with Crippen LogP contribution in [0.15, 0.2) is 36.5 Å². The fourth-order valence-corrected chi connectivity index (χ4v) is 3.07. The number of nitrogens with one attached hydrogen (secondary N) is 1. The largest absolute Gasteiger partial charge is 0.491 e. The van der Waals surface area contributed by atoms with E-state index in [4.69, 9.17) is 4.74 Å². The molecule has 0 aliphatic carbocycles. The molecule has 6 heteroatoms. The summed E-state index contributed by atoms with van der Waals surface area (Å²) in [5.74, 6) is 0.635. The van der Waals surface area contributed by atoms with Crippen LogP contribution in [0.25, 0.3) is 0 Å². The lowest BCUT2D eigenvalue weighted by atomic mass is 9.93. The molecule has 0 spiro atoms. The molecule has 1 aromatic heterocycles. The molecule has 0 saturated carbocycles. The van der Waals surface area contributed by atoms with Gasteiger partial charge in [0.05, 0.1) is 18.3 Å². The van der Waals surface area contributed by atoms with Crippen LogP contribution >= 0.6 is 0 Å². The molecule has 24 heavy (non-hydrogen) atoms. The van der Waals surface area contributed by atoms with Crippen molar-refractivity contribution in [2.45, 2.75) is 31.8 Å². The normalized spacial score (nSPS) is 20.8. The lowest BCUT2D eigenvalue weighted by molar-refractivity contribution is -0.0532. The van der Waals surface area contributed by atoms with E-state index >= 15 is 0 Å². The summed E-state index contributed by atoms with van der Waals surface area (Å²) < 4.78 is 5.71. The van der Waals surface area contributed by atoms with Crippen LogP contribution in [0.4, 0.5) is 0 Å². The van der Waals surface area contributed by atoms with Gasteiger partial charge in [0.1, 0.15) is 18.0 Å². The maximum absolute atomic E-state index is 12.7. The zero-order valence-electron chi connectivity index (χ0n) is 13.9. The number of hydrogen-bond donors (Lipinski definition) is 2. The summed E-state index contributed by atoms with van der Waals surface area (Å²) in [5.41, 5.74) is 0.389. The summed E-state index contributed by atoms with van der Waals surface area (Å²) in [5, 5.41) is 17.7. The summed E-state index contributed by atoms with van der Waals surface area (Å²) in [6.45, 7) is 3.06. The van der Waals surface area contributed by atoms with Gasteiger partial charge in [-0.15, -0.1) is 0 Å². The molecule has 0 unspecified atom stereocenters. The van der Waals surface area contributed by atoms with Crippen molar-refractivity contribution in [3.8, 4) is 5.75 Å². The van der Waals surface area contributed by atoms with Gasteiger partial charge in [0.25, 0.3) is 5.91 Å². The van der Waals surface area contributed by atoms with Gasteiger partial charge in [-0.25, -0.2) is 0 Å². The van der Waals surface area contributed by atoms with Crippen LogP contribution in [0, 0.1) is 0 Å². The number of aliphatic hydroxyl groups is 1. The second-order valence-corrected chi connectivity index (χ2v) is 6.27. The summed E-state index contributed by atoms with van der Waals surface area (Å²) in [6.07, 6.45) is 3.65. The lowest BCUT2D eigenvalue weighted by Crippen LogP contribution is -2.53. The van der Waals surface area contributed by atoms with E-state index in [0.29, 0.717) is 18.5 Å². The predicted octanol–water partition coefficient (Wildman–Crippen LogP) is 2.02. The van der Waals surface area contributed by atoms with Crippen molar-refractivity contribution in [2.24, 2.45) is 0 Å². The van der Waals surface area contributed by atoms with Gasteiger partial charge in [-0.3, -0.25) is 9.89 Å². The van der Waals surface area contributed by atoms with Gasteiger partial charge in [-0.1, -0.05) is 25.1 Å².